The van der Waals surface area contributed by atoms with E-state index in [0.717, 1.165) is 0 Å². The van der Waals surface area contributed by atoms with E-state index in [1.165, 1.54) is 11.8 Å². The summed E-state index contributed by atoms with van der Waals surface area (Å²) in [6.45, 7) is 0.208. The third-order valence-electron chi connectivity index (χ3n) is 2.24. The zero-order chi connectivity index (χ0) is 13.7. The van der Waals surface area contributed by atoms with E-state index in [4.69, 9.17) is 16.3 Å². The number of aliphatic hydroxyl groups excluding tert-OH is 1. The topological polar surface area (TPSA) is 73.1 Å². The Balaban J connectivity index is 1.74. The molecule has 0 spiro atoms. The number of thioether (sulfide) groups is 1. The lowest BCUT2D eigenvalue weighted by molar-refractivity contribution is 0.126. The van der Waals surface area contributed by atoms with Gasteiger partial charge in [0, 0.05) is 17.8 Å². The van der Waals surface area contributed by atoms with Gasteiger partial charge in [0.15, 0.2) is 0 Å². The number of benzene rings is 1. The van der Waals surface area contributed by atoms with Crippen molar-refractivity contribution in [3.8, 4) is 5.75 Å². The molecule has 19 heavy (non-hydrogen) atoms. The van der Waals surface area contributed by atoms with E-state index in [0.29, 0.717) is 21.7 Å². The van der Waals surface area contributed by atoms with Crippen LogP contribution in [0.25, 0.3) is 0 Å². The van der Waals surface area contributed by atoms with Crippen LogP contribution in [0.1, 0.15) is 0 Å². The number of aromatic nitrogens is 4. The average Bonchev–Trinajstić information content (AvgIpc) is 2.81. The van der Waals surface area contributed by atoms with Crippen molar-refractivity contribution in [2.75, 3.05) is 12.4 Å². The molecule has 1 unspecified atom stereocenters. The molecule has 0 fully saturated rings. The molecule has 6 nitrogen and oxygen atoms in total. The Morgan fingerprint density at radius 3 is 2.79 bits per heavy atom. The van der Waals surface area contributed by atoms with Gasteiger partial charge in [-0.25, -0.2) is 4.68 Å². The highest BCUT2D eigenvalue weighted by Gasteiger charge is 2.09. The Morgan fingerprint density at radius 2 is 2.16 bits per heavy atom. The Kier molecular flexibility index (Phi) is 5.00. The van der Waals surface area contributed by atoms with Crippen molar-refractivity contribution in [1.29, 1.82) is 0 Å². The van der Waals surface area contributed by atoms with E-state index in [1.807, 2.05) is 0 Å². The van der Waals surface area contributed by atoms with Crippen LogP contribution in [-0.4, -0.2) is 43.8 Å². The third kappa shape index (κ3) is 4.38. The van der Waals surface area contributed by atoms with Crippen molar-refractivity contribution in [3.63, 3.8) is 0 Å². The van der Waals surface area contributed by atoms with Crippen LogP contribution in [0.4, 0.5) is 0 Å². The smallest absolute Gasteiger partial charge is 0.209 e. The van der Waals surface area contributed by atoms with Gasteiger partial charge in [0.1, 0.15) is 12.4 Å². The third-order valence-corrected chi connectivity index (χ3v) is 3.65. The van der Waals surface area contributed by atoms with Crippen LogP contribution in [0.2, 0.25) is 5.02 Å². The largest absolute Gasteiger partial charge is 0.491 e. The molecule has 1 N–H and O–H groups in total. The molecule has 1 heterocycles. The number of hydrogen-bond acceptors (Lipinski definition) is 6. The molecule has 0 saturated carbocycles. The number of ether oxygens (including phenoxy) is 1. The quantitative estimate of drug-likeness (QED) is 0.813. The summed E-state index contributed by atoms with van der Waals surface area (Å²) in [5.41, 5.74) is 0. The average molecular weight is 301 g/mol. The fourth-order valence-corrected chi connectivity index (χ4v) is 2.17. The van der Waals surface area contributed by atoms with Gasteiger partial charge in [-0.1, -0.05) is 23.4 Å². The van der Waals surface area contributed by atoms with Crippen LogP contribution in [0.5, 0.6) is 5.75 Å². The molecule has 0 bridgehead atoms. The van der Waals surface area contributed by atoms with Gasteiger partial charge in [0.25, 0.3) is 0 Å². The van der Waals surface area contributed by atoms with Gasteiger partial charge >= 0.3 is 0 Å². The second kappa shape index (κ2) is 6.74. The summed E-state index contributed by atoms with van der Waals surface area (Å²) in [6, 6.07) is 7.00. The minimum atomic E-state index is -0.600. The fraction of sp³-hybridized carbons (Fsp3) is 0.364. The molecule has 2 aromatic rings. The first kappa shape index (κ1) is 14.1. The van der Waals surface area contributed by atoms with Gasteiger partial charge in [0.2, 0.25) is 5.16 Å². The van der Waals surface area contributed by atoms with Crippen LogP contribution in [0, 0.1) is 0 Å². The van der Waals surface area contributed by atoms with E-state index >= 15 is 0 Å². The molecule has 1 aromatic heterocycles. The molecule has 0 radical (unpaired) electrons. The summed E-state index contributed by atoms with van der Waals surface area (Å²) in [5.74, 6) is 1.13. The Labute approximate surface area is 119 Å². The van der Waals surface area contributed by atoms with E-state index in [-0.39, 0.29) is 6.61 Å². The van der Waals surface area contributed by atoms with E-state index in [9.17, 15) is 5.11 Å². The van der Waals surface area contributed by atoms with Gasteiger partial charge in [-0.15, -0.1) is 5.10 Å². The Bertz CT molecular complexity index is 520. The van der Waals surface area contributed by atoms with Crippen molar-refractivity contribution in [2.24, 2.45) is 7.05 Å². The van der Waals surface area contributed by atoms with Crippen molar-refractivity contribution in [3.05, 3.63) is 29.3 Å². The maximum atomic E-state index is 9.81. The summed E-state index contributed by atoms with van der Waals surface area (Å²) in [7, 11) is 1.75. The normalized spacial score (nSPS) is 12.4. The van der Waals surface area contributed by atoms with Crippen LogP contribution in [0.15, 0.2) is 29.4 Å². The van der Waals surface area contributed by atoms with Gasteiger partial charge in [-0.3, -0.25) is 0 Å². The highest BCUT2D eigenvalue weighted by atomic mass is 35.5. The highest BCUT2D eigenvalue weighted by molar-refractivity contribution is 7.99. The number of rotatable bonds is 6. The molecule has 0 aliphatic carbocycles. The van der Waals surface area contributed by atoms with Gasteiger partial charge in [-0.05, 0) is 34.7 Å². The number of hydrogen-bond donors (Lipinski definition) is 1. The number of aliphatic hydroxyl groups is 1. The van der Waals surface area contributed by atoms with Gasteiger partial charge < -0.3 is 9.84 Å². The molecule has 1 aromatic carbocycles. The number of nitrogens with zero attached hydrogens (tertiary/aromatic N) is 4. The van der Waals surface area contributed by atoms with Gasteiger partial charge in [-0.2, -0.15) is 0 Å². The first-order valence-corrected chi connectivity index (χ1v) is 6.93. The molecule has 1 atom stereocenters. The lowest BCUT2D eigenvalue weighted by Gasteiger charge is -2.11. The molecule has 0 aliphatic rings. The molecule has 0 aliphatic heterocycles. The molecule has 8 heteroatoms. The predicted octanol–water partition coefficient (Wildman–Crippen LogP) is 1.40. The highest BCUT2D eigenvalue weighted by Crippen LogP contribution is 2.17. The molecule has 102 valence electrons. The molecule has 0 amide bonds. The Hall–Kier alpha value is -1.31. The van der Waals surface area contributed by atoms with E-state index in [2.05, 4.69) is 15.5 Å². The number of aryl methyl sites for hydroxylation is 1. The van der Waals surface area contributed by atoms with E-state index < -0.39 is 6.10 Å². The fourth-order valence-electron chi connectivity index (χ4n) is 1.29. The molecular formula is C11H13ClN4O2S. The monoisotopic (exact) mass is 300 g/mol. The van der Waals surface area contributed by atoms with Crippen molar-refractivity contribution in [2.45, 2.75) is 11.3 Å². The van der Waals surface area contributed by atoms with Crippen LogP contribution in [0.3, 0.4) is 0 Å². The molecule has 2 rings (SSSR count). The predicted molar refractivity (Wildman–Crippen MR) is 72.5 cm³/mol. The lowest BCUT2D eigenvalue weighted by Crippen LogP contribution is -2.20. The van der Waals surface area contributed by atoms with Crippen LogP contribution < -0.4 is 4.74 Å². The first-order chi connectivity index (χ1) is 9.15. The summed E-state index contributed by atoms with van der Waals surface area (Å²) in [5, 5.41) is 22.2. The second-order valence-electron chi connectivity index (χ2n) is 3.81. The minimum absolute atomic E-state index is 0.208. The van der Waals surface area contributed by atoms with E-state index in [1.54, 1.807) is 36.0 Å². The zero-order valence-corrected chi connectivity index (χ0v) is 11.8. The van der Waals surface area contributed by atoms with Crippen LogP contribution >= 0.6 is 23.4 Å². The molecule has 0 saturated heterocycles. The van der Waals surface area contributed by atoms with Crippen molar-refractivity contribution < 1.29 is 9.84 Å². The maximum Gasteiger partial charge on any atom is 0.209 e. The van der Waals surface area contributed by atoms with Crippen molar-refractivity contribution >= 4 is 23.4 Å². The zero-order valence-electron chi connectivity index (χ0n) is 10.2. The number of tetrazole rings is 1. The van der Waals surface area contributed by atoms with Gasteiger partial charge in [0.05, 0.1) is 6.10 Å². The summed E-state index contributed by atoms with van der Waals surface area (Å²) in [6.07, 6.45) is -0.600. The Morgan fingerprint density at radius 1 is 1.42 bits per heavy atom. The summed E-state index contributed by atoms with van der Waals surface area (Å²) < 4.78 is 7.00. The summed E-state index contributed by atoms with van der Waals surface area (Å²) in [4.78, 5) is 0. The maximum absolute atomic E-state index is 9.81. The first-order valence-electron chi connectivity index (χ1n) is 5.57. The standard InChI is InChI=1S/C11H13ClN4O2S/c1-16-11(13-14-15-16)19-7-9(17)6-18-10-4-2-8(12)3-5-10/h2-5,9,17H,6-7H2,1H3. The second-order valence-corrected chi connectivity index (χ2v) is 5.24. The number of halogens is 1. The van der Waals surface area contributed by atoms with Crippen molar-refractivity contribution in [1.82, 2.24) is 20.2 Å². The molecular weight excluding hydrogens is 288 g/mol. The van der Waals surface area contributed by atoms with Crippen LogP contribution in [-0.2, 0) is 7.05 Å². The minimum Gasteiger partial charge on any atom is -0.491 e. The SMILES string of the molecule is Cn1nnnc1SCC(O)COc1ccc(Cl)cc1. The summed E-state index contributed by atoms with van der Waals surface area (Å²) >= 11 is 7.14. The lowest BCUT2D eigenvalue weighted by atomic mass is 10.3.